The van der Waals surface area contributed by atoms with Crippen molar-refractivity contribution < 1.29 is 0 Å². The van der Waals surface area contributed by atoms with Crippen LogP contribution in [0.25, 0.3) is 0 Å². The van der Waals surface area contributed by atoms with Gasteiger partial charge in [-0.05, 0) is 13.8 Å². The maximum atomic E-state index is 6.15. The summed E-state index contributed by atoms with van der Waals surface area (Å²) in [5.41, 5.74) is 1.06. The Morgan fingerprint density at radius 3 is 2.40 bits per heavy atom. The minimum absolute atomic E-state index is 0.106. The summed E-state index contributed by atoms with van der Waals surface area (Å²) in [6, 6.07) is 0. The van der Waals surface area contributed by atoms with Gasteiger partial charge in [-0.1, -0.05) is 55.7 Å². The van der Waals surface area contributed by atoms with E-state index < -0.39 is 4.84 Å². The molecule has 0 rings (SSSR count). The normalized spacial score (nSPS) is 19.6. The average Bonchev–Trinajstić information content (AvgIpc) is 2.13. The first-order chi connectivity index (χ1) is 6.78. The topological polar surface area (TPSA) is 0 Å². The molecule has 0 radical (unpaired) electrons. The van der Waals surface area contributed by atoms with Crippen molar-refractivity contribution in [3.05, 3.63) is 23.8 Å². The molecule has 0 aliphatic carbocycles. The molecule has 0 aromatic rings. The Hall–Kier alpha value is 1.31. The van der Waals surface area contributed by atoms with Gasteiger partial charge in [0.05, 0.1) is 9.70 Å². The molecule has 2 unspecified atom stereocenters. The number of hydrogen-bond acceptors (Lipinski definition) is 0. The molecule has 0 fully saturated rings. The monoisotopic (exact) mass is 396 g/mol. The lowest BCUT2D eigenvalue weighted by Gasteiger charge is -2.14. The molecule has 0 nitrogen and oxygen atoms in total. The third-order valence-corrected chi connectivity index (χ3v) is 4.72. The molecule has 0 bridgehead atoms. The molecule has 0 aromatic carbocycles. The molecule has 0 aliphatic heterocycles. The van der Waals surface area contributed by atoms with Crippen molar-refractivity contribution >= 4 is 66.7 Å². The van der Waals surface area contributed by atoms with Crippen LogP contribution < -0.4 is 0 Å². The molecule has 0 aliphatic rings. The van der Waals surface area contributed by atoms with Crippen LogP contribution in [0.15, 0.2) is 23.8 Å². The van der Waals surface area contributed by atoms with E-state index >= 15 is 0 Å². The number of rotatable bonds is 5. The van der Waals surface area contributed by atoms with E-state index in [2.05, 4.69) is 31.9 Å². The molecule has 0 spiro atoms. The van der Waals surface area contributed by atoms with Gasteiger partial charge in [0.2, 0.25) is 0 Å². The highest BCUT2D eigenvalue weighted by molar-refractivity contribution is 9.09. The van der Waals surface area contributed by atoms with Crippen molar-refractivity contribution in [2.24, 2.45) is 0 Å². The first-order valence-electron chi connectivity index (χ1n) is 4.33. The van der Waals surface area contributed by atoms with E-state index in [1.54, 1.807) is 6.08 Å². The molecule has 0 heterocycles. The van der Waals surface area contributed by atoms with E-state index in [9.17, 15) is 0 Å². The first-order valence-corrected chi connectivity index (χ1v) is 7.62. The Morgan fingerprint density at radius 1 is 1.47 bits per heavy atom. The third kappa shape index (κ3) is 8.09. The van der Waals surface area contributed by atoms with Gasteiger partial charge in [0.25, 0.3) is 0 Å². The summed E-state index contributed by atoms with van der Waals surface area (Å²) in [5, 5.41) is 0.703. The van der Waals surface area contributed by atoms with Gasteiger partial charge in [-0.25, -0.2) is 0 Å². The van der Waals surface area contributed by atoms with E-state index in [-0.39, 0.29) is 9.70 Å². The summed E-state index contributed by atoms with van der Waals surface area (Å²) in [6.07, 6.45) is 5.71. The fourth-order valence-electron chi connectivity index (χ4n) is 0.772. The van der Waals surface area contributed by atoms with Crippen LogP contribution in [0.3, 0.4) is 0 Å². The smallest absolute Gasteiger partial charge is 0.114 e. The zero-order chi connectivity index (χ0) is 12.1. The van der Waals surface area contributed by atoms with E-state index in [4.69, 9.17) is 34.8 Å². The minimum Gasteiger partial charge on any atom is -0.114 e. The summed E-state index contributed by atoms with van der Waals surface area (Å²) in [5.74, 6) is 0. The van der Waals surface area contributed by atoms with Gasteiger partial charge in [-0.3, -0.25) is 0 Å². The summed E-state index contributed by atoms with van der Waals surface area (Å²) in [6.45, 7) is 3.89. The van der Waals surface area contributed by atoms with E-state index in [1.165, 1.54) is 0 Å². The Kier molecular flexibility index (Phi) is 8.26. The highest BCUT2D eigenvalue weighted by Crippen LogP contribution is 2.22. The molecule has 0 aromatic heterocycles. The molecule has 88 valence electrons. The zero-order valence-electron chi connectivity index (χ0n) is 8.48. The van der Waals surface area contributed by atoms with Gasteiger partial charge in [0.1, 0.15) is 4.84 Å². The van der Waals surface area contributed by atoms with Gasteiger partial charge in [-0.2, -0.15) is 0 Å². The van der Waals surface area contributed by atoms with Crippen LogP contribution in [0.2, 0.25) is 0 Å². The van der Waals surface area contributed by atoms with Crippen LogP contribution in [-0.4, -0.2) is 19.9 Å². The fourth-order valence-corrected chi connectivity index (χ4v) is 1.73. The summed E-state index contributed by atoms with van der Waals surface area (Å²) in [4.78, 5) is -0.736. The van der Waals surface area contributed by atoms with Gasteiger partial charge in [0.15, 0.2) is 0 Å². The lowest BCUT2D eigenvalue weighted by atomic mass is 10.1. The quantitative estimate of drug-likeness (QED) is 0.426. The second-order valence-corrected chi connectivity index (χ2v) is 6.99. The highest BCUT2D eigenvalue weighted by atomic mass is 79.9. The molecule has 2 atom stereocenters. The lowest BCUT2D eigenvalue weighted by molar-refractivity contribution is 0.899. The summed E-state index contributed by atoms with van der Waals surface area (Å²) in [7, 11) is 0. The van der Waals surface area contributed by atoms with Crippen LogP contribution in [0, 0.1) is 0 Å². The number of allylic oxidation sites excluding steroid dienone is 4. The van der Waals surface area contributed by atoms with Crippen molar-refractivity contribution in [3.63, 3.8) is 0 Å². The van der Waals surface area contributed by atoms with E-state index in [1.807, 2.05) is 26.0 Å². The summed E-state index contributed by atoms with van der Waals surface area (Å²) < 4.78 is 0. The second kappa shape index (κ2) is 7.60. The maximum absolute atomic E-state index is 6.15. The van der Waals surface area contributed by atoms with Crippen LogP contribution in [0.5, 0.6) is 0 Å². The number of hydrogen-bond donors (Lipinski definition) is 0. The molecule has 0 saturated carbocycles. The molecule has 0 N–H and O–H groups in total. The largest absolute Gasteiger partial charge is 0.126 e. The van der Waals surface area contributed by atoms with Gasteiger partial charge in [0, 0.05) is 5.33 Å². The zero-order valence-corrected chi connectivity index (χ0v) is 13.9. The Labute approximate surface area is 123 Å². The predicted molar refractivity (Wildman–Crippen MR) is 79.2 cm³/mol. The molecule has 0 saturated heterocycles. The molecule has 5 heteroatoms. The van der Waals surface area contributed by atoms with Crippen molar-refractivity contribution in [3.8, 4) is 0 Å². The second-order valence-electron chi connectivity index (χ2n) is 3.42. The summed E-state index contributed by atoms with van der Waals surface area (Å²) >= 11 is 24.3. The fraction of sp³-hybridized carbons (Fsp3) is 0.600. The predicted octanol–water partition coefficient (Wildman–Crippen LogP) is 5.45. The average molecular weight is 399 g/mol. The van der Waals surface area contributed by atoms with Crippen LogP contribution >= 0.6 is 66.7 Å². The standard InChI is InChI=1S/C10H13Br2Cl3/c1-7(5-9(13)14)8(12)3-4-10(2,15)6-11/h3-5,8-9H,6H2,1-2H3. The van der Waals surface area contributed by atoms with Crippen LogP contribution in [-0.2, 0) is 0 Å². The van der Waals surface area contributed by atoms with Crippen LogP contribution in [0.4, 0.5) is 0 Å². The maximum Gasteiger partial charge on any atom is 0.126 e. The van der Waals surface area contributed by atoms with Crippen molar-refractivity contribution in [2.75, 3.05) is 5.33 Å². The SMILES string of the molecule is CC(=CC(Cl)Cl)C(Br)C=CC(C)(Cl)CBr. The Morgan fingerprint density at radius 2 is 2.00 bits per heavy atom. The number of halogens is 5. The van der Waals surface area contributed by atoms with E-state index in [0.29, 0.717) is 5.33 Å². The number of alkyl halides is 5. The minimum atomic E-state index is -0.475. The van der Waals surface area contributed by atoms with Crippen LogP contribution in [0.1, 0.15) is 13.8 Å². The molecular formula is C10H13Br2Cl3. The molecule has 15 heavy (non-hydrogen) atoms. The van der Waals surface area contributed by atoms with Gasteiger partial charge >= 0.3 is 0 Å². The van der Waals surface area contributed by atoms with Gasteiger partial charge < -0.3 is 0 Å². The Bertz CT molecular complexity index is 247. The van der Waals surface area contributed by atoms with E-state index in [0.717, 1.165) is 5.57 Å². The van der Waals surface area contributed by atoms with Crippen molar-refractivity contribution in [1.29, 1.82) is 0 Å². The van der Waals surface area contributed by atoms with Crippen molar-refractivity contribution in [1.82, 2.24) is 0 Å². The van der Waals surface area contributed by atoms with Gasteiger partial charge in [-0.15, -0.1) is 34.8 Å². The lowest BCUT2D eigenvalue weighted by Crippen LogP contribution is -2.14. The molecular weight excluding hydrogens is 386 g/mol. The first kappa shape index (κ1) is 16.3. The van der Waals surface area contributed by atoms with Crippen molar-refractivity contribution in [2.45, 2.75) is 28.4 Å². The molecule has 0 amide bonds. The Balaban J connectivity index is 4.43. The third-order valence-electron chi connectivity index (χ3n) is 1.70. The highest BCUT2D eigenvalue weighted by Gasteiger charge is 2.15.